The molecule has 2 heterocycles. The van der Waals surface area contributed by atoms with Crippen molar-refractivity contribution in [2.75, 3.05) is 19.6 Å². The Morgan fingerprint density at radius 3 is 2.87 bits per heavy atom. The molecule has 1 saturated heterocycles. The van der Waals surface area contributed by atoms with E-state index in [4.69, 9.17) is 0 Å². The monoisotopic (exact) mass is 225 g/mol. The number of carbonyl (C=O) groups is 1. The highest BCUT2D eigenvalue weighted by atomic mass is 32.1. The van der Waals surface area contributed by atoms with E-state index in [1.54, 1.807) is 0 Å². The second kappa shape index (κ2) is 4.88. The summed E-state index contributed by atoms with van der Waals surface area (Å²) in [5, 5.41) is 11.3. The van der Waals surface area contributed by atoms with E-state index in [1.807, 2.05) is 17.5 Å². The summed E-state index contributed by atoms with van der Waals surface area (Å²) in [5.41, 5.74) is 0. The number of aliphatic hydroxyl groups is 1. The van der Waals surface area contributed by atoms with Crippen LogP contribution in [0.25, 0.3) is 0 Å². The largest absolute Gasteiger partial charge is 0.393 e. The molecule has 82 valence electrons. The van der Waals surface area contributed by atoms with Gasteiger partial charge in [0.05, 0.1) is 17.5 Å². The lowest BCUT2D eigenvalue weighted by atomic mass is 10.1. The third-order valence-electron chi connectivity index (χ3n) is 2.72. The van der Waals surface area contributed by atoms with Gasteiger partial charge in [0.2, 0.25) is 0 Å². The normalized spacial score (nSPS) is 19.3. The number of hydrogen-bond donors (Lipinski definition) is 1. The van der Waals surface area contributed by atoms with Crippen molar-refractivity contribution in [3.8, 4) is 0 Å². The maximum Gasteiger partial charge on any atom is 0.186 e. The molecule has 0 saturated carbocycles. The van der Waals surface area contributed by atoms with Crippen molar-refractivity contribution < 1.29 is 9.90 Å². The summed E-state index contributed by atoms with van der Waals surface area (Å²) in [4.78, 5) is 14.7. The molecule has 15 heavy (non-hydrogen) atoms. The van der Waals surface area contributed by atoms with Gasteiger partial charge < -0.3 is 5.11 Å². The van der Waals surface area contributed by atoms with E-state index in [9.17, 15) is 9.90 Å². The van der Waals surface area contributed by atoms with Crippen molar-refractivity contribution in [3.05, 3.63) is 22.4 Å². The standard InChI is InChI=1S/C11H15NO2S/c13-9-3-5-12(6-4-9)8-10(14)11-2-1-7-15-11/h1-2,7,9,13H,3-6,8H2. The zero-order chi connectivity index (χ0) is 10.7. The van der Waals surface area contributed by atoms with Gasteiger partial charge >= 0.3 is 0 Å². The Morgan fingerprint density at radius 1 is 1.53 bits per heavy atom. The van der Waals surface area contributed by atoms with E-state index in [2.05, 4.69) is 4.90 Å². The first-order chi connectivity index (χ1) is 7.25. The number of nitrogens with zero attached hydrogens (tertiary/aromatic N) is 1. The molecular weight excluding hydrogens is 210 g/mol. The lowest BCUT2D eigenvalue weighted by Gasteiger charge is -2.28. The number of aliphatic hydroxyl groups excluding tert-OH is 1. The van der Waals surface area contributed by atoms with E-state index in [0.717, 1.165) is 30.8 Å². The maximum atomic E-state index is 11.8. The molecule has 4 heteroatoms. The maximum absolute atomic E-state index is 11.8. The Kier molecular flexibility index (Phi) is 3.51. The molecule has 0 amide bonds. The highest BCUT2D eigenvalue weighted by Gasteiger charge is 2.19. The smallest absolute Gasteiger partial charge is 0.186 e. The molecule has 0 unspecified atom stereocenters. The first-order valence-electron chi connectivity index (χ1n) is 5.23. The van der Waals surface area contributed by atoms with E-state index in [0.29, 0.717) is 6.54 Å². The fourth-order valence-electron chi connectivity index (χ4n) is 1.80. The van der Waals surface area contributed by atoms with Gasteiger partial charge in [0.1, 0.15) is 0 Å². The minimum Gasteiger partial charge on any atom is -0.393 e. The van der Waals surface area contributed by atoms with Gasteiger partial charge in [0.25, 0.3) is 0 Å². The van der Waals surface area contributed by atoms with Crippen LogP contribution in [-0.4, -0.2) is 41.5 Å². The van der Waals surface area contributed by atoms with Crippen LogP contribution in [-0.2, 0) is 0 Å². The van der Waals surface area contributed by atoms with Crippen molar-refractivity contribution in [1.82, 2.24) is 4.90 Å². The molecule has 2 rings (SSSR count). The molecular formula is C11H15NO2S. The zero-order valence-corrected chi connectivity index (χ0v) is 9.37. The molecule has 1 aliphatic heterocycles. The predicted molar refractivity (Wildman–Crippen MR) is 60.3 cm³/mol. The van der Waals surface area contributed by atoms with Crippen LogP contribution in [0.3, 0.4) is 0 Å². The van der Waals surface area contributed by atoms with Gasteiger partial charge in [-0.15, -0.1) is 11.3 Å². The van der Waals surface area contributed by atoms with Gasteiger partial charge in [-0.2, -0.15) is 0 Å². The van der Waals surface area contributed by atoms with Crippen molar-refractivity contribution in [1.29, 1.82) is 0 Å². The number of hydrogen-bond acceptors (Lipinski definition) is 4. The van der Waals surface area contributed by atoms with Gasteiger partial charge in [-0.25, -0.2) is 0 Å². The summed E-state index contributed by atoms with van der Waals surface area (Å²) in [6.07, 6.45) is 1.41. The highest BCUT2D eigenvalue weighted by Crippen LogP contribution is 2.13. The van der Waals surface area contributed by atoms with Crippen molar-refractivity contribution in [2.24, 2.45) is 0 Å². The first kappa shape index (κ1) is 10.8. The van der Waals surface area contributed by atoms with Gasteiger partial charge in [-0.3, -0.25) is 9.69 Å². The summed E-state index contributed by atoms with van der Waals surface area (Å²) in [5.74, 6) is 0.196. The number of Topliss-reactive ketones (excluding diaryl/α,β-unsaturated/α-hetero) is 1. The molecule has 0 spiro atoms. The molecule has 1 N–H and O–H groups in total. The number of rotatable bonds is 3. The van der Waals surface area contributed by atoms with Crippen molar-refractivity contribution in [2.45, 2.75) is 18.9 Å². The Labute approximate surface area is 93.3 Å². The number of thiophene rings is 1. The number of ketones is 1. The Morgan fingerprint density at radius 2 is 2.27 bits per heavy atom. The molecule has 0 aromatic carbocycles. The third-order valence-corrected chi connectivity index (χ3v) is 3.63. The molecule has 1 aliphatic rings. The fourth-order valence-corrected chi connectivity index (χ4v) is 2.45. The SMILES string of the molecule is O=C(CN1CCC(O)CC1)c1cccs1. The second-order valence-electron chi connectivity index (χ2n) is 3.91. The predicted octanol–water partition coefficient (Wildman–Crippen LogP) is 1.39. The topological polar surface area (TPSA) is 40.5 Å². The fraction of sp³-hybridized carbons (Fsp3) is 0.545. The Hall–Kier alpha value is -0.710. The van der Waals surface area contributed by atoms with Crippen LogP contribution in [0.4, 0.5) is 0 Å². The summed E-state index contributed by atoms with van der Waals surface area (Å²) >= 11 is 1.49. The molecule has 3 nitrogen and oxygen atoms in total. The summed E-state index contributed by atoms with van der Waals surface area (Å²) < 4.78 is 0. The second-order valence-corrected chi connectivity index (χ2v) is 4.86. The van der Waals surface area contributed by atoms with E-state index < -0.39 is 0 Å². The average molecular weight is 225 g/mol. The highest BCUT2D eigenvalue weighted by molar-refractivity contribution is 7.12. The third kappa shape index (κ3) is 2.87. The number of carbonyl (C=O) groups excluding carboxylic acids is 1. The number of likely N-dealkylation sites (tertiary alicyclic amines) is 1. The molecule has 0 bridgehead atoms. The molecule has 1 aromatic rings. The van der Waals surface area contributed by atoms with E-state index in [1.165, 1.54) is 11.3 Å². The van der Waals surface area contributed by atoms with Crippen LogP contribution in [0.15, 0.2) is 17.5 Å². The molecule has 1 fully saturated rings. The minimum atomic E-state index is -0.168. The lowest BCUT2D eigenvalue weighted by molar-refractivity contribution is 0.0713. The molecule has 0 radical (unpaired) electrons. The summed E-state index contributed by atoms with van der Waals surface area (Å²) in [6.45, 7) is 2.16. The average Bonchev–Trinajstić information content (AvgIpc) is 2.74. The van der Waals surface area contributed by atoms with Crippen molar-refractivity contribution >= 4 is 17.1 Å². The van der Waals surface area contributed by atoms with Crippen LogP contribution in [0.5, 0.6) is 0 Å². The van der Waals surface area contributed by atoms with E-state index >= 15 is 0 Å². The molecule has 1 aromatic heterocycles. The minimum absolute atomic E-state index is 0.168. The van der Waals surface area contributed by atoms with Gasteiger partial charge in [0.15, 0.2) is 5.78 Å². The van der Waals surface area contributed by atoms with Crippen LogP contribution in [0.1, 0.15) is 22.5 Å². The zero-order valence-electron chi connectivity index (χ0n) is 8.56. The summed E-state index contributed by atoms with van der Waals surface area (Å²) in [6, 6.07) is 3.77. The Bertz CT molecular complexity index is 315. The Balaban J connectivity index is 1.85. The molecule has 0 aliphatic carbocycles. The number of piperidine rings is 1. The van der Waals surface area contributed by atoms with Crippen LogP contribution in [0, 0.1) is 0 Å². The van der Waals surface area contributed by atoms with Crippen molar-refractivity contribution in [3.63, 3.8) is 0 Å². The van der Waals surface area contributed by atoms with Gasteiger partial charge in [-0.1, -0.05) is 6.07 Å². The first-order valence-corrected chi connectivity index (χ1v) is 6.11. The van der Waals surface area contributed by atoms with Crippen LogP contribution < -0.4 is 0 Å². The summed E-state index contributed by atoms with van der Waals surface area (Å²) in [7, 11) is 0. The van der Waals surface area contributed by atoms with Crippen LogP contribution >= 0.6 is 11.3 Å². The quantitative estimate of drug-likeness (QED) is 0.790. The van der Waals surface area contributed by atoms with E-state index in [-0.39, 0.29) is 11.9 Å². The van der Waals surface area contributed by atoms with Gasteiger partial charge in [0, 0.05) is 13.1 Å². The van der Waals surface area contributed by atoms with Crippen LogP contribution in [0.2, 0.25) is 0 Å². The van der Waals surface area contributed by atoms with Gasteiger partial charge in [-0.05, 0) is 24.3 Å². The lowest BCUT2D eigenvalue weighted by Crippen LogP contribution is -2.38. The molecule has 0 atom stereocenters.